The molecule has 1 N–H and O–H groups in total. The second kappa shape index (κ2) is 11.8. The van der Waals surface area contributed by atoms with Crippen LogP contribution < -0.4 is 14.2 Å². The molecule has 3 heterocycles. The van der Waals surface area contributed by atoms with E-state index in [1.807, 2.05) is 6.07 Å². The molecule has 0 unspecified atom stereocenters. The average Bonchev–Trinajstić information content (AvgIpc) is 3.31. The molecule has 0 aliphatic heterocycles. The van der Waals surface area contributed by atoms with Crippen molar-refractivity contribution in [2.45, 2.75) is 6.42 Å². The van der Waals surface area contributed by atoms with Gasteiger partial charge in [0.2, 0.25) is 27.7 Å². The molecule has 0 saturated heterocycles. The summed E-state index contributed by atoms with van der Waals surface area (Å²) in [4.78, 5) is 15.8. The van der Waals surface area contributed by atoms with Crippen LogP contribution in [0.2, 0.25) is 0 Å². The van der Waals surface area contributed by atoms with E-state index in [4.69, 9.17) is 9.47 Å². The third-order valence-corrected chi connectivity index (χ3v) is 5.81. The van der Waals surface area contributed by atoms with Gasteiger partial charge < -0.3 is 9.47 Å². The molecule has 190 valence electrons. The highest BCUT2D eigenvalue weighted by molar-refractivity contribution is 7.92. The maximum atomic E-state index is 13.0. The molecule has 12 nitrogen and oxygen atoms in total. The SMILES string of the molecule is C=C.COc1ncnc(OC)c1-n1c(NS(=O)(=O)CCc2ncc(F)cn2)nnc1-c1ccccc1.[HH]. The lowest BCUT2D eigenvalue weighted by atomic mass is 10.2. The fraction of sp³-hybridized carbons (Fsp3) is 0.182. The summed E-state index contributed by atoms with van der Waals surface area (Å²) in [6, 6.07) is 9.01. The average molecular weight is 517 g/mol. The van der Waals surface area contributed by atoms with Crippen LogP contribution in [0.4, 0.5) is 10.3 Å². The molecule has 1 aromatic carbocycles. The van der Waals surface area contributed by atoms with E-state index in [2.05, 4.69) is 48.0 Å². The molecule has 4 aromatic rings. The quantitative estimate of drug-likeness (QED) is 0.329. The molecule has 0 fully saturated rings. The highest BCUT2D eigenvalue weighted by Crippen LogP contribution is 2.34. The minimum absolute atomic E-state index is 0. The van der Waals surface area contributed by atoms with Crippen LogP contribution in [0.15, 0.2) is 62.2 Å². The van der Waals surface area contributed by atoms with Crippen molar-refractivity contribution in [1.29, 1.82) is 0 Å². The van der Waals surface area contributed by atoms with Gasteiger partial charge >= 0.3 is 0 Å². The summed E-state index contributed by atoms with van der Waals surface area (Å²) < 4.78 is 53.3. The van der Waals surface area contributed by atoms with Crippen molar-refractivity contribution in [2.24, 2.45) is 0 Å². The summed E-state index contributed by atoms with van der Waals surface area (Å²) in [7, 11) is -1.14. The Morgan fingerprint density at radius 1 is 1.00 bits per heavy atom. The van der Waals surface area contributed by atoms with E-state index in [0.29, 0.717) is 11.4 Å². The number of hydrogen-bond acceptors (Lipinski definition) is 10. The van der Waals surface area contributed by atoms with Crippen LogP contribution in [0.25, 0.3) is 17.1 Å². The minimum Gasteiger partial charge on any atom is -0.479 e. The van der Waals surface area contributed by atoms with E-state index in [1.54, 1.807) is 24.3 Å². The molecule has 0 atom stereocenters. The van der Waals surface area contributed by atoms with Crippen LogP contribution in [0, 0.1) is 5.82 Å². The van der Waals surface area contributed by atoms with Gasteiger partial charge in [0, 0.05) is 13.4 Å². The van der Waals surface area contributed by atoms with Crippen molar-refractivity contribution in [3.63, 3.8) is 0 Å². The molecule has 0 aliphatic rings. The summed E-state index contributed by atoms with van der Waals surface area (Å²) in [6.07, 6.45) is 3.15. The molecule has 14 heteroatoms. The number of aryl methyl sites for hydroxylation is 1. The Kier molecular flexibility index (Phi) is 8.57. The maximum absolute atomic E-state index is 13.0. The summed E-state index contributed by atoms with van der Waals surface area (Å²) >= 11 is 0. The van der Waals surface area contributed by atoms with Crippen LogP contribution in [0.5, 0.6) is 11.8 Å². The van der Waals surface area contributed by atoms with Gasteiger partial charge in [-0.05, 0) is 0 Å². The number of anilines is 1. The third-order valence-electron chi connectivity index (χ3n) is 4.58. The molecular weight excluding hydrogens is 491 g/mol. The van der Waals surface area contributed by atoms with Gasteiger partial charge in [-0.3, -0.25) is 9.29 Å². The van der Waals surface area contributed by atoms with Crippen molar-refractivity contribution < 1.29 is 23.7 Å². The number of halogens is 1. The van der Waals surface area contributed by atoms with Crippen LogP contribution in [-0.4, -0.2) is 63.1 Å². The van der Waals surface area contributed by atoms with E-state index < -0.39 is 15.8 Å². The first-order valence-corrected chi connectivity index (χ1v) is 12.0. The van der Waals surface area contributed by atoms with Crippen molar-refractivity contribution >= 4 is 16.0 Å². The number of methoxy groups -OCH3 is 2. The van der Waals surface area contributed by atoms with Gasteiger partial charge in [0.1, 0.15) is 12.2 Å². The third kappa shape index (κ3) is 5.96. The Bertz CT molecular complexity index is 1380. The monoisotopic (exact) mass is 516 g/mol. The molecule has 0 saturated carbocycles. The zero-order chi connectivity index (χ0) is 26.1. The lowest BCUT2D eigenvalue weighted by Gasteiger charge is -2.16. The van der Waals surface area contributed by atoms with E-state index in [-0.39, 0.29) is 42.8 Å². The maximum Gasteiger partial charge on any atom is 0.245 e. The highest BCUT2D eigenvalue weighted by Gasteiger charge is 2.26. The molecule has 0 spiro atoms. The molecule has 0 bridgehead atoms. The number of nitrogens with one attached hydrogen (secondary N) is 1. The number of sulfonamides is 1. The molecule has 4 rings (SSSR count). The van der Waals surface area contributed by atoms with Crippen LogP contribution in [0.1, 0.15) is 7.25 Å². The lowest BCUT2D eigenvalue weighted by Crippen LogP contribution is -2.21. The standard InChI is InChI=1S/C20H19FN8O4S.C2H4.H2/c1-32-18-16(19(33-2)25-12-24-18)29-17(13-6-4-3-5-7-13)26-27-20(29)28-34(30,31)9-8-15-22-10-14(21)11-23-15;1-2;/h3-7,10-12H,8-9H2,1-2H3,(H,27,28);1-2H2;1H. The van der Waals surface area contributed by atoms with E-state index in [9.17, 15) is 12.8 Å². The number of ether oxygens (including phenoxy) is 2. The Balaban J connectivity index is 0.00000157. The largest absolute Gasteiger partial charge is 0.479 e. The summed E-state index contributed by atoms with van der Waals surface area (Å²) in [5.74, 6) is -0.423. The van der Waals surface area contributed by atoms with E-state index in [1.165, 1.54) is 25.1 Å². The Morgan fingerprint density at radius 3 is 2.19 bits per heavy atom. The molecular formula is C22H25FN8O4S. The first kappa shape index (κ1) is 26.2. The molecule has 0 radical (unpaired) electrons. The van der Waals surface area contributed by atoms with E-state index >= 15 is 0 Å². The summed E-state index contributed by atoms with van der Waals surface area (Å²) in [5.41, 5.74) is 0.851. The van der Waals surface area contributed by atoms with Crippen molar-refractivity contribution in [3.05, 3.63) is 73.9 Å². The van der Waals surface area contributed by atoms with Gasteiger partial charge in [-0.1, -0.05) is 30.3 Å². The Morgan fingerprint density at radius 2 is 1.61 bits per heavy atom. The zero-order valence-corrected chi connectivity index (χ0v) is 20.3. The smallest absolute Gasteiger partial charge is 0.245 e. The molecule has 0 aliphatic carbocycles. The van der Waals surface area contributed by atoms with Crippen molar-refractivity contribution in [2.75, 3.05) is 24.7 Å². The predicted octanol–water partition coefficient (Wildman–Crippen LogP) is 2.70. The topological polar surface area (TPSA) is 147 Å². The number of rotatable bonds is 9. The Hall–Kier alpha value is -4.46. The second-order valence-corrected chi connectivity index (χ2v) is 8.62. The fourth-order valence-electron chi connectivity index (χ4n) is 3.06. The van der Waals surface area contributed by atoms with Crippen LogP contribution >= 0.6 is 0 Å². The molecule has 36 heavy (non-hydrogen) atoms. The van der Waals surface area contributed by atoms with Gasteiger partial charge in [0.15, 0.2) is 17.3 Å². The van der Waals surface area contributed by atoms with E-state index in [0.717, 1.165) is 12.4 Å². The predicted molar refractivity (Wildman–Crippen MR) is 132 cm³/mol. The minimum atomic E-state index is -3.95. The Labute approximate surface area is 208 Å². The normalized spacial score (nSPS) is 10.8. The zero-order valence-electron chi connectivity index (χ0n) is 19.5. The van der Waals surface area contributed by atoms with Gasteiger partial charge in [-0.15, -0.1) is 23.4 Å². The van der Waals surface area contributed by atoms with Gasteiger partial charge in [0.05, 0.1) is 32.4 Å². The first-order chi connectivity index (χ1) is 17.4. The van der Waals surface area contributed by atoms with Crippen molar-refractivity contribution in [1.82, 2.24) is 34.7 Å². The summed E-state index contributed by atoms with van der Waals surface area (Å²) in [6.45, 7) is 6.00. The number of hydrogen-bond donors (Lipinski definition) is 1. The summed E-state index contributed by atoms with van der Waals surface area (Å²) in [5, 5.41) is 8.23. The molecule has 0 amide bonds. The highest BCUT2D eigenvalue weighted by atomic mass is 32.2. The lowest BCUT2D eigenvalue weighted by molar-refractivity contribution is 0.368. The van der Waals surface area contributed by atoms with Crippen LogP contribution in [-0.2, 0) is 16.4 Å². The van der Waals surface area contributed by atoms with Crippen molar-refractivity contribution in [3.8, 4) is 28.8 Å². The molecule has 3 aromatic heterocycles. The number of benzene rings is 1. The van der Waals surface area contributed by atoms with Gasteiger partial charge in [-0.2, -0.15) is 9.97 Å². The van der Waals surface area contributed by atoms with Crippen LogP contribution in [0.3, 0.4) is 0 Å². The van der Waals surface area contributed by atoms with Gasteiger partial charge in [0.25, 0.3) is 0 Å². The first-order valence-electron chi connectivity index (χ1n) is 10.3. The van der Waals surface area contributed by atoms with Gasteiger partial charge in [-0.25, -0.2) is 22.8 Å². The fourth-order valence-corrected chi connectivity index (χ4v) is 4.02. The number of nitrogens with zero attached hydrogens (tertiary/aromatic N) is 7. The number of aromatic nitrogens is 7. The second-order valence-electron chi connectivity index (χ2n) is 6.78.